The Kier molecular flexibility index (Phi) is 3.83. The molecule has 0 heterocycles. The quantitative estimate of drug-likeness (QED) is 0.785. The second-order valence-corrected chi connectivity index (χ2v) is 4.34. The lowest BCUT2D eigenvalue weighted by Crippen LogP contribution is -2.07. The van der Waals surface area contributed by atoms with Crippen molar-refractivity contribution in [1.29, 1.82) is 0 Å². The van der Waals surface area contributed by atoms with Crippen molar-refractivity contribution in [3.63, 3.8) is 0 Å². The molecule has 0 saturated heterocycles. The van der Waals surface area contributed by atoms with Gasteiger partial charge in [-0.1, -0.05) is 13.8 Å². The molecule has 0 aromatic heterocycles. The Morgan fingerprint density at radius 3 is 2.38 bits per heavy atom. The molecule has 1 aromatic rings. The number of alkyl halides is 3. The zero-order valence-electron chi connectivity index (χ0n) is 9.43. The first kappa shape index (κ1) is 12.9. The van der Waals surface area contributed by atoms with Gasteiger partial charge in [-0.15, -0.1) is 0 Å². The second kappa shape index (κ2) is 4.76. The standard InChI is InChI=1S/C12H16F3N/c1-8(2)3-4-9-7-10(12(13,14)15)5-6-11(9)16/h5-8H,3-4,16H2,1-2H3. The van der Waals surface area contributed by atoms with Crippen molar-refractivity contribution >= 4 is 5.69 Å². The topological polar surface area (TPSA) is 26.0 Å². The van der Waals surface area contributed by atoms with Crippen LogP contribution in [-0.4, -0.2) is 0 Å². The molecule has 0 aliphatic rings. The summed E-state index contributed by atoms with van der Waals surface area (Å²) in [5.74, 6) is 0.453. The third kappa shape index (κ3) is 3.43. The number of anilines is 1. The number of rotatable bonds is 3. The monoisotopic (exact) mass is 231 g/mol. The van der Waals surface area contributed by atoms with Crippen LogP contribution in [0.5, 0.6) is 0 Å². The lowest BCUT2D eigenvalue weighted by Gasteiger charge is -2.12. The molecule has 16 heavy (non-hydrogen) atoms. The molecular formula is C12H16F3N. The van der Waals surface area contributed by atoms with Crippen LogP contribution >= 0.6 is 0 Å². The molecule has 4 heteroatoms. The van der Waals surface area contributed by atoms with Gasteiger partial charge in [-0.3, -0.25) is 0 Å². The van der Waals surface area contributed by atoms with Crippen LogP contribution in [0, 0.1) is 5.92 Å². The first-order chi connectivity index (χ1) is 7.30. The Morgan fingerprint density at radius 1 is 1.25 bits per heavy atom. The minimum Gasteiger partial charge on any atom is -0.399 e. The maximum atomic E-state index is 12.5. The van der Waals surface area contributed by atoms with Crippen molar-refractivity contribution in [2.75, 3.05) is 5.73 Å². The number of nitrogen functional groups attached to an aromatic ring is 1. The Bertz CT molecular complexity index is 356. The van der Waals surface area contributed by atoms with E-state index >= 15 is 0 Å². The molecule has 0 unspecified atom stereocenters. The van der Waals surface area contributed by atoms with Gasteiger partial charge in [-0.25, -0.2) is 0 Å². The van der Waals surface area contributed by atoms with Crippen LogP contribution in [0.4, 0.5) is 18.9 Å². The van der Waals surface area contributed by atoms with Gasteiger partial charge >= 0.3 is 6.18 Å². The fraction of sp³-hybridized carbons (Fsp3) is 0.500. The van der Waals surface area contributed by atoms with E-state index in [0.717, 1.165) is 18.6 Å². The van der Waals surface area contributed by atoms with E-state index in [1.54, 1.807) is 0 Å². The molecule has 0 bridgehead atoms. The van der Waals surface area contributed by atoms with Crippen LogP contribution in [0.1, 0.15) is 31.4 Å². The van der Waals surface area contributed by atoms with E-state index in [1.807, 2.05) is 13.8 Å². The normalized spacial score (nSPS) is 12.1. The number of hydrogen-bond acceptors (Lipinski definition) is 1. The first-order valence-electron chi connectivity index (χ1n) is 5.26. The molecule has 1 aromatic carbocycles. The molecule has 0 fully saturated rings. The largest absolute Gasteiger partial charge is 0.416 e. The zero-order chi connectivity index (χ0) is 12.3. The van der Waals surface area contributed by atoms with E-state index in [0.29, 0.717) is 23.6 Å². The van der Waals surface area contributed by atoms with Crippen molar-refractivity contribution in [3.8, 4) is 0 Å². The number of nitrogens with two attached hydrogens (primary N) is 1. The SMILES string of the molecule is CC(C)CCc1cc(C(F)(F)F)ccc1N. The van der Waals surface area contributed by atoms with Gasteiger partial charge in [0.05, 0.1) is 5.56 Å². The lowest BCUT2D eigenvalue weighted by molar-refractivity contribution is -0.137. The fourth-order valence-electron chi connectivity index (χ4n) is 1.44. The lowest BCUT2D eigenvalue weighted by atomic mass is 9.99. The van der Waals surface area contributed by atoms with E-state index in [1.165, 1.54) is 6.07 Å². The average Bonchev–Trinajstić information content (AvgIpc) is 2.14. The van der Waals surface area contributed by atoms with Crippen molar-refractivity contribution < 1.29 is 13.2 Å². The summed E-state index contributed by atoms with van der Waals surface area (Å²) in [4.78, 5) is 0. The maximum Gasteiger partial charge on any atom is 0.416 e. The predicted octanol–water partition coefficient (Wildman–Crippen LogP) is 3.88. The molecule has 0 amide bonds. The molecule has 2 N–H and O–H groups in total. The van der Waals surface area contributed by atoms with Gasteiger partial charge in [0.25, 0.3) is 0 Å². The van der Waals surface area contributed by atoms with E-state index in [4.69, 9.17) is 5.73 Å². The summed E-state index contributed by atoms with van der Waals surface area (Å²) in [5.41, 5.74) is 6.05. The van der Waals surface area contributed by atoms with Crippen LogP contribution < -0.4 is 5.73 Å². The van der Waals surface area contributed by atoms with Gasteiger partial charge in [-0.05, 0) is 42.5 Å². The zero-order valence-corrected chi connectivity index (χ0v) is 9.43. The Morgan fingerprint density at radius 2 is 1.88 bits per heavy atom. The smallest absolute Gasteiger partial charge is 0.399 e. The summed E-state index contributed by atoms with van der Waals surface area (Å²) in [6.07, 6.45) is -2.86. The number of benzene rings is 1. The van der Waals surface area contributed by atoms with Gasteiger partial charge in [0, 0.05) is 5.69 Å². The van der Waals surface area contributed by atoms with E-state index in [9.17, 15) is 13.2 Å². The third-order valence-electron chi connectivity index (χ3n) is 2.46. The highest BCUT2D eigenvalue weighted by Crippen LogP contribution is 2.31. The molecule has 0 spiro atoms. The van der Waals surface area contributed by atoms with E-state index in [-0.39, 0.29) is 0 Å². The molecule has 0 aliphatic heterocycles. The Hall–Kier alpha value is -1.19. The molecule has 0 aliphatic carbocycles. The third-order valence-corrected chi connectivity index (χ3v) is 2.46. The van der Waals surface area contributed by atoms with Crippen LogP contribution in [0.15, 0.2) is 18.2 Å². The van der Waals surface area contributed by atoms with Gasteiger partial charge < -0.3 is 5.73 Å². The summed E-state index contributed by atoms with van der Waals surface area (Å²) in [7, 11) is 0. The number of aryl methyl sites for hydroxylation is 1. The maximum absolute atomic E-state index is 12.5. The summed E-state index contributed by atoms with van der Waals surface area (Å²) in [6, 6.07) is 3.50. The summed E-state index contributed by atoms with van der Waals surface area (Å²) in [5, 5.41) is 0. The molecule has 0 saturated carbocycles. The number of halogens is 3. The Labute approximate surface area is 93.5 Å². The van der Waals surface area contributed by atoms with Crippen molar-refractivity contribution in [3.05, 3.63) is 29.3 Å². The van der Waals surface area contributed by atoms with Crippen LogP contribution in [0.2, 0.25) is 0 Å². The molecule has 90 valence electrons. The molecule has 0 atom stereocenters. The second-order valence-electron chi connectivity index (χ2n) is 4.34. The van der Waals surface area contributed by atoms with Crippen molar-refractivity contribution in [2.24, 2.45) is 5.92 Å². The highest BCUT2D eigenvalue weighted by molar-refractivity contribution is 5.49. The van der Waals surface area contributed by atoms with Crippen molar-refractivity contribution in [2.45, 2.75) is 32.9 Å². The summed E-state index contributed by atoms with van der Waals surface area (Å²) >= 11 is 0. The Balaban J connectivity index is 2.91. The van der Waals surface area contributed by atoms with Crippen molar-refractivity contribution in [1.82, 2.24) is 0 Å². The van der Waals surface area contributed by atoms with Gasteiger partial charge in [0.2, 0.25) is 0 Å². The van der Waals surface area contributed by atoms with Crippen LogP contribution in [0.3, 0.4) is 0 Å². The van der Waals surface area contributed by atoms with E-state index < -0.39 is 11.7 Å². The molecular weight excluding hydrogens is 215 g/mol. The number of hydrogen-bond donors (Lipinski definition) is 1. The molecule has 1 rings (SSSR count). The van der Waals surface area contributed by atoms with Gasteiger partial charge in [0.15, 0.2) is 0 Å². The van der Waals surface area contributed by atoms with E-state index in [2.05, 4.69) is 0 Å². The van der Waals surface area contributed by atoms with Gasteiger partial charge in [0.1, 0.15) is 0 Å². The molecule has 1 nitrogen and oxygen atoms in total. The highest BCUT2D eigenvalue weighted by atomic mass is 19.4. The summed E-state index contributed by atoms with van der Waals surface area (Å²) < 4.78 is 37.4. The van der Waals surface area contributed by atoms with Crippen LogP contribution in [-0.2, 0) is 12.6 Å². The van der Waals surface area contributed by atoms with Gasteiger partial charge in [-0.2, -0.15) is 13.2 Å². The fourth-order valence-corrected chi connectivity index (χ4v) is 1.44. The minimum absolute atomic E-state index is 0.439. The van der Waals surface area contributed by atoms with Crippen LogP contribution in [0.25, 0.3) is 0 Å². The molecule has 0 radical (unpaired) electrons. The highest BCUT2D eigenvalue weighted by Gasteiger charge is 2.30. The first-order valence-corrected chi connectivity index (χ1v) is 5.26. The minimum atomic E-state index is -4.29. The average molecular weight is 231 g/mol. The predicted molar refractivity (Wildman–Crippen MR) is 59.0 cm³/mol. The summed E-state index contributed by atoms with van der Waals surface area (Å²) in [6.45, 7) is 4.06.